The number of alkyl halides is 3. The molecular weight excluding hydrogens is 257 g/mol. The largest absolute Gasteiger partial charge is 0.435 e. The van der Waals surface area contributed by atoms with Gasteiger partial charge in [0.1, 0.15) is 0 Å². The van der Waals surface area contributed by atoms with Gasteiger partial charge in [0.15, 0.2) is 5.69 Å². The maximum atomic E-state index is 12.2. The number of hydrogen-bond acceptors (Lipinski definition) is 4. The van der Waals surface area contributed by atoms with Crippen LogP contribution in [0, 0.1) is 0 Å². The molecule has 0 amide bonds. The lowest BCUT2D eigenvalue weighted by Gasteiger charge is -2.07. The Balaban J connectivity index is 3.43. The second kappa shape index (κ2) is 3.60. The Morgan fingerprint density at radius 3 is 2.33 bits per heavy atom. The second-order valence-corrected chi connectivity index (χ2v) is 4.94. The van der Waals surface area contributed by atoms with E-state index in [2.05, 4.69) is 9.97 Å². The van der Waals surface area contributed by atoms with Gasteiger partial charge >= 0.3 is 6.18 Å². The number of halogens is 4. The molecule has 0 saturated carbocycles. The van der Waals surface area contributed by atoms with E-state index in [4.69, 9.17) is 11.6 Å². The molecule has 1 rings (SSSR count). The average Bonchev–Trinajstić information content (AvgIpc) is 2.00. The van der Waals surface area contributed by atoms with E-state index in [0.29, 0.717) is 12.5 Å². The van der Waals surface area contributed by atoms with Crippen LogP contribution in [0.4, 0.5) is 13.2 Å². The first-order valence-corrected chi connectivity index (χ1v) is 5.69. The summed E-state index contributed by atoms with van der Waals surface area (Å²) < 4.78 is 58.5. The minimum Gasteiger partial charge on any atom is -0.225 e. The average molecular weight is 261 g/mol. The van der Waals surface area contributed by atoms with E-state index in [1.807, 2.05) is 0 Å². The van der Waals surface area contributed by atoms with Crippen molar-refractivity contribution in [2.45, 2.75) is 11.3 Å². The van der Waals surface area contributed by atoms with Crippen LogP contribution >= 0.6 is 11.6 Å². The lowest BCUT2D eigenvalue weighted by Crippen LogP contribution is -2.13. The van der Waals surface area contributed by atoms with Crippen LogP contribution in [0.2, 0.25) is 5.02 Å². The highest BCUT2D eigenvalue weighted by Gasteiger charge is 2.36. The third-order valence-corrected chi connectivity index (χ3v) is 2.46. The zero-order chi connectivity index (χ0) is 11.9. The first-order valence-electron chi connectivity index (χ1n) is 3.42. The molecular formula is C6H4ClF3N2O2S. The molecule has 0 radical (unpaired) electrons. The topological polar surface area (TPSA) is 59.9 Å². The molecule has 84 valence electrons. The highest BCUT2D eigenvalue weighted by atomic mass is 35.5. The molecule has 0 unspecified atom stereocenters. The molecule has 9 heteroatoms. The van der Waals surface area contributed by atoms with Crippen LogP contribution in [0.15, 0.2) is 11.4 Å². The summed E-state index contributed by atoms with van der Waals surface area (Å²) in [6.07, 6.45) is -3.50. The minimum atomic E-state index is -4.81. The number of rotatable bonds is 1. The van der Waals surface area contributed by atoms with Crippen molar-refractivity contribution >= 4 is 21.4 Å². The normalized spacial score (nSPS) is 12.9. The van der Waals surface area contributed by atoms with Crippen LogP contribution in [-0.2, 0) is 16.0 Å². The highest BCUT2D eigenvalue weighted by Crippen LogP contribution is 2.32. The summed E-state index contributed by atoms with van der Waals surface area (Å²) in [7, 11) is -3.88. The molecule has 1 aromatic heterocycles. The second-order valence-electron chi connectivity index (χ2n) is 2.62. The van der Waals surface area contributed by atoms with Crippen molar-refractivity contribution in [1.29, 1.82) is 0 Å². The lowest BCUT2D eigenvalue weighted by atomic mass is 10.4. The van der Waals surface area contributed by atoms with Crippen molar-refractivity contribution < 1.29 is 21.6 Å². The Bertz CT molecular complexity index is 486. The SMILES string of the molecule is CS(=O)(=O)c1ncc(Cl)c(C(F)(F)F)n1. The summed E-state index contributed by atoms with van der Waals surface area (Å²) in [5, 5.41) is -1.64. The van der Waals surface area contributed by atoms with Crippen LogP contribution in [0.5, 0.6) is 0 Å². The summed E-state index contributed by atoms with van der Waals surface area (Å²) in [6.45, 7) is 0. The van der Waals surface area contributed by atoms with Gasteiger partial charge in [-0.25, -0.2) is 18.4 Å². The lowest BCUT2D eigenvalue weighted by molar-refractivity contribution is -0.141. The summed E-state index contributed by atoms with van der Waals surface area (Å²) in [6, 6.07) is 0. The molecule has 0 bridgehead atoms. The Kier molecular flexibility index (Phi) is 2.92. The molecule has 15 heavy (non-hydrogen) atoms. The van der Waals surface area contributed by atoms with Crippen molar-refractivity contribution in [2.75, 3.05) is 6.26 Å². The minimum absolute atomic E-state index is 0.605. The molecule has 0 fully saturated rings. The number of hydrogen-bond donors (Lipinski definition) is 0. The molecule has 0 spiro atoms. The van der Waals surface area contributed by atoms with Crippen LogP contribution in [0.3, 0.4) is 0 Å². The Morgan fingerprint density at radius 1 is 1.40 bits per heavy atom. The zero-order valence-electron chi connectivity index (χ0n) is 7.21. The maximum absolute atomic E-state index is 12.2. The molecule has 0 atom stereocenters. The molecule has 0 aliphatic heterocycles. The van der Waals surface area contributed by atoms with Crippen molar-refractivity contribution in [3.8, 4) is 0 Å². The Hall–Kier alpha value is -0.890. The van der Waals surface area contributed by atoms with Gasteiger partial charge in [-0.2, -0.15) is 13.2 Å². The predicted octanol–water partition coefficient (Wildman–Crippen LogP) is 1.55. The van der Waals surface area contributed by atoms with E-state index in [-0.39, 0.29) is 0 Å². The van der Waals surface area contributed by atoms with Crippen molar-refractivity contribution in [2.24, 2.45) is 0 Å². The van der Waals surface area contributed by atoms with Crippen LogP contribution in [0.1, 0.15) is 5.69 Å². The van der Waals surface area contributed by atoms with Crippen LogP contribution in [0.25, 0.3) is 0 Å². The number of aromatic nitrogens is 2. The van der Waals surface area contributed by atoms with Crippen molar-refractivity contribution in [3.63, 3.8) is 0 Å². The monoisotopic (exact) mass is 260 g/mol. The third-order valence-electron chi connectivity index (χ3n) is 1.32. The first-order chi connectivity index (χ1) is 6.62. The first kappa shape index (κ1) is 12.2. The standard InChI is InChI=1S/C6H4ClF3N2O2S/c1-15(13,14)5-11-2-3(7)4(12-5)6(8,9)10/h2H,1H3. The van der Waals surface area contributed by atoms with E-state index in [0.717, 1.165) is 0 Å². The maximum Gasteiger partial charge on any atom is 0.435 e. The molecule has 1 aromatic rings. The molecule has 0 aromatic carbocycles. The smallest absolute Gasteiger partial charge is 0.225 e. The van der Waals surface area contributed by atoms with Gasteiger partial charge in [-0.15, -0.1) is 0 Å². The van der Waals surface area contributed by atoms with Gasteiger partial charge < -0.3 is 0 Å². The summed E-state index contributed by atoms with van der Waals surface area (Å²) in [4.78, 5) is 6.05. The quantitative estimate of drug-likeness (QED) is 0.719. The van der Waals surface area contributed by atoms with E-state index in [1.54, 1.807) is 0 Å². The molecule has 1 heterocycles. The Labute approximate surface area is 88.0 Å². The van der Waals surface area contributed by atoms with E-state index in [1.165, 1.54) is 0 Å². The summed E-state index contributed by atoms with van der Waals surface area (Å²) in [5.74, 6) is 0. The molecule has 0 N–H and O–H groups in total. The molecule has 4 nitrogen and oxygen atoms in total. The Morgan fingerprint density at radius 2 is 1.93 bits per heavy atom. The number of sulfone groups is 1. The zero-order valence-corrected chi connectivity index (χ0v) is 8.78. The number of nitrogens with zero attached hydrogens (tertiary/aromatic N) is 2. The summed E-state index contributed by atoms with van der Waals surface area (Å²) >= 11 is 5.19. The molecule has 0 aliphatic rings. The van der Waals surface area contributed by atoms with Gasteiger partial charge in [-0.1, -0.05) is 11.6 Å². The van der Waals surface area contributed by atoms with Gasteiger partial charge in [0, 0.05) is 6.26 Å². The summed E-state index contributed by atoms with van der Waals surface area (Å²) in [5.41, 5.74) is -1.46. The van der Waals surface area contributed by atoms with Gasteiger partial charge in [0.05, 0.1) is 11.2 Å². The van der Waals surface area contributed by atoms with Gasteiger partial charge in [0.2, 0.25) is 15.0 Å². The molecule has 0 saturated heterocycles. The van der Waals surface area contributed by atoms with Gasteiger partial charge in [0.25, 0.3) is 0 Å². The fraction of sp³-hybridized carbons (Fsp3) is 0.333. The fourth-order valence-corrected chi connectivity index (χ4v) is 1.43. The predicted molar refractivity (Wildman–Crippen MR) is 45.2 cm³/mol. The fourth-order valence-electron chi connectivity index (χ4n) is 0.728. The van der Waals surface area contributed by atoms with Gasteiger partial charge in [-0.3, -0.25) is 0 Å². The van der Waals surface area contributed by atoms with Crippen LogP contribution in [-0.4, -0.2) is 24.6 Å². The van der Waals surface area contributed by atoms with E-state index >= 15 is 0 Å². The van der Waals surface area contributed by atoms with Crippen molar-refractivity contribution in [1.82, 2.24) is 9.97 Å². The van der Waals surface area contributed by atoms with Crippen LogP contribution < -0.4 is 0 Å². The molecule has 0 aliphatic carbocycles. The highest BCUT2D eigenvalue weighted by molar-refractivity contribution is 7.90. The van der Waals surface area contributed by atoms with E-state index in [9.17, 15) is 21.6 Å². The van der Waals surface area contributed by atoms with Crippen molar-refractivity contribution in [3.05, 3.63) is 16.9 Å². The van der Waals surface area contributed by atoms with E-state index < -0.39 is 31.9 Å². The third kappa shape index (κ3) is 2.78. The van der Waals surface area contributed by atoms with Gasteiger partial charge in [-0.05, 0) is 0 Å².